The summed E-state index contributed by atoms with van der Waals surface area (Å²) in [6.45, 7) is 0.907. The predicted molar refractivity (Wildman–Crippen MR) is 63.8 cm³/mol. The quantitative estimate of drug-likeness (QED) is 0.759. The summed E-state index contributed by atoms with van der Waals surface area (Å²) in [6.07, 6.45) is 2.43. The summed E-state index contributed by atoms with van der Waals surface area (Å²) in [5.41, 5.74) is 5.80. The monoisotopic (exact) mass is 250 g/mol. The standard InChI is InChI=1S/C11H14N4O3/c12-10(16)9-7-15(5-6-18-9)11(17)14-8-1-3-13-4-2-8/h1-4,9H,5-7H2,(H2,12,16)(H,13,14,17). The number of aromatic nitrogens is 1. The molecular weight excluding hydrogens is 236 g/mol. The van der Waals surface area contributed by atoms with E-state index in [9.17, 15) is 9.59 Å². The van der Waals surface area contributed by atoms with Crippen molar-refractivity contribution in [3.63, 3.8) is 0 Å². The Morgan fingerprint density at radius 3 is 2.83 bits per heavy atom. The minimum Gasteiger partial charge on any atom is -0.367 e. The zero-order chi connectivity index (χ0) is 13.0. The molecule has 0 aromatic carbocycles. The Kier molecular flexibility index (Phi) is 3.73. The molecule has 3 N–H and O–H groups in total. The highest BCUT2D eigenvalue weighted by molar-refractivity contribution is 5.90. The third-order valence-electron chi connectivity index (χ3n) is 2.60. The molecule has 7 heteroatoms. The van der Waals surface area contributed by atoms with Crippen LogP contribution in [0.25, 0.3) is 0 Å². The summed E-state index contributed by atoms with van der Waals surface area (Å²) in [5, 5.41) is 2.71. The first-order chi connectivity index (χ1) is 8.66. The summed E-state index contributed by atoms with van der Waals surface area (Å²) < 4.78 is 5.16. The number of primary amides is 1. The molecule has 1 aliphatic heterocycles. The molecule has 1 aromatic rings. The van der Waals surface area contributed by atoms with Crippen molar-refractivity contribution in [2.24, 2.45) is 5.73 Å². The van der Waals surface area contributed by atoms with Crippen LogP contribution in [0.1, 0.15) is 0 Å². The second-order valence-electron chi connectivity index (χ2n) is 3.87. The van der Waals surface area contributed by atoms with Crippen LogP contribution in [0.15, 0.2) is 24.5 Å². The van der Waals surface area contributed by atoms with Gasteiger partial charge in [0, 0.05) is 24.6 Å². The van der Waals surface area contributed by atoms with Crippen LogP contribution in [-0.2, 0) is 9.53 Å². The van der Waals surface area contributed by atoms with Gasteiger partial charge in [0.15, 0.2) is 6.10 Å². The van der Waals surface area contributed by atoms with Crippen LogP contribution >= 0.6 is 0 Å². The maximum absolute atomic E-state index is 11.9. The normalized spacial score (nSPS) is 19.3. The molecule has 0 aliphatic carbocycles. The molecule has 1 aromatic heterocycles. The molecule has 18 heavy (non-hydrogen) atoms. The van der Waals surface area contributed by atoms with E-state index in [-0.39, 0.29) is 12.6 Å². The average Bonchev–Trinajstić information content (AvgIpc) is 2.40. The SMILES string of the molecule is NC(=O)C1CN(C(=O)Nc2ccncc2)CCO1. The first-order valence-corrected chi connectivity index (χ1v) is 5.53. The fraction of sp³-hybridized carbons (Fsp3) is 0.364. The van der Waals surface area contributed by atoms with Gasteiger partial charge in [0.05, 0.1) is 13.2 Å². The fourth-order valence-corrected chi connectivity index (χ4v) is 1.64. The van der Waals surface area contributed by atoms with Gasteiger partial charge in [-0.2, -0.15) is 0 Å². The van der Waals surface area contributed by atoms with E-state index in [0.717, 1.165) is 0 Å². The van der Waals surface area contributed by atoms with Crippen LogP contribution in [0.3, 0.4) is 0 Å². The van der Waals surface area contributed by atoms with Gasteiger partial charge >= 0.3 is 6.03 Å². The highest BCUT2D eigenvalue weighted by atomic mass is 16.5. The van der Waals surface area contributed by atoms with E-state index in [2.05, 4.69) is 10.3 Å². The van der Waals surface area contributed by atoms with Gasteiger partial charge < -0.3 is 20.7 Å². The molecule has 1 saturated heterocycles. The Labute approximate surface area is 104 Å². The van der Waals surface area contributed by atoms with Crippen molar-refractivity contribution in [1.82, 2.24) is 9.88 Å². The van der Waals surface area contributed by atoms with Crippen molar-refractivity contribution in [2.75, 3.05) is 25.0 Å². The first kappa shape index (κ1) is 12.3. The zero-order valence-electron chi connectivity index (χ0n) is 9.70. The number of nitrogens with one attached hydrogen (secondary N) is 1. The van der Waals surface area contributed by atoms with Crippen LogP contribution in [-0.4, -0.2) is 47.6 Å². The molecule has 1 fully saturated rings. The number of ether oxygens (including phenoxy) is 1. The summed E-state index contributed by atoms with van der Waals surface area (Å²) >= 11 is 0. The summed E-state index contributed by atoms with van der Waals surface area (Å²) in [4.78, 5) is 28.3. The van der Waals surface area contributed by atoms with E-state index in [1.165, 1.54) is 4.90 Å². The number of morpholine rings is 1. The number of pyridine rings is 1. The van der Waals surface area contributed by atoms with Gasteiger partial charge in [-0.3, -0.25) is 9.78 Å². The number of anilines is 1. The molecule has 2 heterocycles. The molecule has 3 amide bonds. The molecule has 96 valence electrons. The van der Waals surface area contributed by atoms with Crippen LogP contribution < -0.4 is 11.1 Å². The Bertz CT molecular complexity index is 437. The van der Waals surface area contributed by atoms with E-state index >= 15 is 0 Å². The number of carbonyl (C=O) groups excluding carboxylic acids is 2. The topological polar surface area (TPSA) is 97.6 Å². The summed E-state index contributed by atoms with van der Waals surface area (Å²) in [5.74, 6) is -0.559. The largest absolute Gasteiger partial charge is 0.367 e. The van der Waals surface area contributed by atoms with Crippen molar-refractivity contribution in [1.29, 1.82) is 0 Å². The fourth-order valence-electron chi connectivity index (χ4n) is 1.64. The second-order valence-corrected chi connectivity index (χ2v) is 3.87. The summed E-state index contributed by atoms with van der Waals surface area (Å²) in [6, 6.07) is 3.09. The van der Waals surface area contributed by atoms with Gasteiger partial charge in [-0.25, -0.2) is 4.79 Å². The van der Waals surface area contributed by atoms with Crippen molar-refractivity contribution in [3.8, 4) is 0 Å². The van der Waals surface area contributed by atoms with E-state index in [4.69, 9.17) is 10.5 Å². The number of carbonyl (C=O) groups is 2. The van der Waals surface area contributed by atoms with Crippen molar-refractivity contribution < 1.29 is 14.3 Å². The minimum absolute atomic E-state index is 0.173. The van der Waals surface area contributed by atoms with Crippen LogP contribution in [0.5, 0.6) is 0 Å². The lowest BCUT2D eigenvalue weighted by molar-refractivity contribution is -0.133. The Balaban J connectivity index is 1.95. The number of hydrogen-bond acceptors (Lipinski definition) is 4. The van der Waals surface area contributed by atoms with Gasteiger partial charge in [-0.15, -0.1) is 0 Å². The predicted octanol–water partition coefficient (Wildman–Crippen LogP) is -0.200. The maximum Gasteiger partial charge on any atom is 0.322 e. The second kappa shape index (κ2) is 5.46. The molecular formula is C11H14N4O3. The number of amides is 3. The lowest BCUT2D eigenvalue weighted by atomic mass is 10.2. The van der Waals surface area contributed by atoms with Crippen molar-refractivity contribution >= 4 is 17.6 Å². The van der Waals surface area contributed by atoms with E-state index in [0.29, 0.717) is 18.8 Å². The van der Waals surface area contributed by atoms with Crippen molar-refractivity contribution in [2.45, 2.75) is 6.10 Å². The molecule has 2 rings (SSSR count). The highest BCUT2D eigenvalue weighted by Gasteiger charge is 2.27. The molecule has 0 spiro atoms. The van der Waals surface area contributed by atoms with Crippen LogP contribution in [0.4, 0.5) is 10.5 Å². The van der Waals surface area contributed by atoms with Gasteiger partial charge in [0.25, 0.3) is 0 Å². The average molecular weight is 250 g/mol. The van der Waals surface area contributed by atoms with Gasteiger partial charge in [0.2, 0.25) is 5.91 Å². The molecule has 0 bridgehead atoms. The van der Waals surface area contributed by atoms with E-state index in [1.54, 1.807) is 24.5 Å². The van der Waals surface area contributed by atoms with Gasteiger partial charge in [0.1, 0.15) is 0 Å². The minimum atomic E-state index is -0.734. The number of hydrogen-bond donors (Lipinski definition) is 2. The lowest BCUT2D eigenvalue weighted by Crippen LogP contribution is -2.51. The van der Waals surface area contributed by atoms with Crippen LogP contribution in [0.2, 0.25) is 0 Å². The third-order valence-corrected chi connectivity index (χ3v) is 2.60. The maximum atomic E-state index is 11.9. The number of nitrogens with zero attached hydrogens (tertiary/aromatic N) is 2. The smallest absolute Gasteiger partial charge is 0.322 e. The zero-order valence-corrected chi connectivity index (χ0v) is 9.70. The molecule has 1 aliphatic rings. The van der Waals surface area contributed by atoms with E-state index in [1.807, 2.05) is 0 Å². The number of nitrogens with two attached hydrogens (primary N) is 1. The van der Waals surface area contributed by atoms with Crippen LogP contribution in [0, 0.1) is 0 Å². The molecule has 1 atom stereocenters. The summed E-state index contributed by atoms with van der Waals surface area (Å²) in [7, 11) is 0. The van der Waals surface area contributed by atoms with Crippen molar-refractivity contribution in [3.05, 3.63) is 24.5 Å². The Morgan fingerprint density at radius 1 is 1.44 bits per heavy atom. The molecule has 7 nitrogen and oxygen atoms in total. The lowest BCUT2D eigenvalue weighted by Gasteiger charge is -2.31. The Hall–Kier alpha value is -2.15. The molecule has 0 saturated carbocycles. The number of urea groups is 1. The molecule has 1 unspecified atom stereocenters. The number of rotatable bonds is 2. The third kappa shape index (κ3) is 2.95. The Morgan fingerprint density at radius 2 is 2.17 bits per heavy atom. The first-order valence-electron chi connectivity index (χ1n) is 5.53. The van der Waals surface area contributed by atoms with Gasteiger partial charge in [-0.1, -0.05) is 0 Å². The van der Waals surface area contributed by atoms with E-state index < -0.39 is 12.0 Å². The van der Waals surface area contributed by atoms with Gasteiger partial charge in [-0.05, 0) is 12.1 Å². The molecule has 0 radical (unpaired) electrons. The highest BCUT2D eigenvalue weighted by Crippen LogP contribution is 2.09.